The van der Waals surface area contributed by atoms with Crippen LogP contribution in [0.2, 0.25) is 5.02 Å². The molecule has 1 N–H and O–H groups in total. The standard InChI is InChI=1S/C15H12BrClN2/c1-9-2-3-11(18-7-9)6-10-8-19-13-5-4-12(17)15(16)14(10)13/h2-5,7-8,19H,6H2,1H3. The van der Waals surface area contributed by atoms with Gasteiger partial charge in [-0.1, -0.05) is 17.7 Å². The molecule has 2 heterocycles. The van der Waals surface area contributed by atoms with Gasteiger partial charge in [-0.05, 0) is 52.2 Å². The fourth-order valence-electron chi connectivity index (χ4n) is 2.16. The monoisotopic (exact) mass is 334 g/mol. The van der Waals surface area contributed by atoms with E-state index in [0.29, 0.717) is 0 Å². The van der Waals surface area contributed by atoms with Crippen molar-refractivity contribution in [2.24, 2.45) is 0 Å². The molecule has 0 amide bonds. The van der Waals surface area contributed by atoms with Crippen LogP contribution in [-0.4, -0.2) is 9.97 Å². The van der Waals surface area contributed by atoms with Crippen molar-refractivity contribution < 1.29 is 0 Å². The van der Waals surface area contributed by atoms with E-state index < -0.39 is 0 Å². The minimum atomic E-state index is 0.727. The number of fused-ring (bicyclic) bond motifs is 1. The van der Waals surface area contributed by atoms with Gasteiger partial charge in [0.2, 0.25) is 0 Å². The maximum Gasteiger partial charge on any atom is 0.0555 e. The van der Waals surface area contributed by atoms with E-state index in [1.54, 1.807) is 0 Å². The van der Waals surface area contributed by atoms with E-state index in [4.69, 9.17) is 11.6 Å². The number of pyridine rings is 1. The second kappa shape index (κ2) is 4.99. The van der Waals surface area contributed by atoms with E-state index in [0.717, 1.165) is 32.5 Å². The molecule has 2 aromatic heterocycles. The van der Waals surface area contributed by atoms with Crippen LogP contribution in [0.25, 0.3) is 10.9 Å². The van der Waals surface area contributed by atoms with E-state index in [2.05, 4.69) is 38.0 Å². The Morgan fingerprint density at radius 1 is 1.26 bits per heavy atom. The van der Waals surface area contributed by atoms with Gasteiger partial charge in [0.05, 0.1) is 5.02 Å². The van der Waals surface area contributed by atoms with E-state index in [1.807, 2.05) is 31.5 Å². The first kappa shape index (κ1) is 12.7. The van der Waals surface area contributed by atoms with Gasteiger partial charge in [-0.15, -0.1) is 0 Å². The van der Waals surface area contributed by atoms with Gasteiger partial charge in [-0.3, -0.25) is 4.98 Å². The molecule has 2 nitrogen and oxygen atoms in total. The molecular weight excluding hydrogens is 324 g/mol. The van der Waals surface area contributed by atoms with Crippen LogP contribution in [0.5, 0.6) is 0 Å². The lowest BCUT2D eigenvalue weighted by Gasteiger charge is -2.03. The number of halogens is 2. The molecule has 3 rings (SSSR count). The molecule has 0 saturated carbocycles. The first-order valence-electron chi connectivity index (χ1n) is 6.00. The first-order valence-corrected chi connectivity index (χ1v) is 7.18. The number of rotatable bonds is 2. The average molecular weight is 336 g/mol. The van der Waals surface area contributed by atoms with E-state index >= 15 is 0 Å². The summed E-state index contributed by atoms with van der Waals surface area (Å²) in [6.45, 7) is 2.04. The van der Waals surface area contributed by atoms with Crippen LogP contribution in [0.15, 0.2) is 41.1 Å². The zero-order valence-electron chi connectivity index (χ0n) is 10.4. The van der Waals surface area contributed by atoms with Gasteiger partial charge in [0.15, 0.2) is 0 Å². The van der Waals surface area contributed by atoms with E-state index in [9.17, 15) is 0 Å². The zero-order valence-corrected chi connectivity index (χ0v) is 12.7. The van der Waals surface area contributed by atoms with Crippen molar-refractivity contribution in [2.75, 3.05) is 0 Å². The summed E-state index contributed by atoms with van der Waals surface area (Å²) in [5, 5.41) is 1.86. The van der Waals surface area contributed by atoms with Gasteiger partial charge in [0.25, 0.3) is 0 Å². The third-order valence-corrected chi connectivity index (χ3v) is 4.53. The molecule has 0 bridgehead atoms. The van der Waals surface area contributed by atoms with Crippen LogP contribution in [0.4, 0.5) is 0 Å². The molecule has 0 aliphatic heterocycles. The van der Waals surface area contributed by atoms with Crippen LogP contribution in [-0.2, 0) is 6.42 Å². The van der Waals surface area contributed by atoms with Crippen molar-refractivity contribution in [1.29, 1.82) is 0 Å². The fraction of sp³-hybridized carbons (Fsp3) is 0.133. The molecule has 4 heteroatoms. The SMILES string of the molecule is Cc1ccc(Cc2c[nH]c3ccc(Cl)c(Br)c23)nc1. The van der Waals surface area contributed by atoms with Crippen LogP contribution in [0.3, 0.4) is 0 Å². The van der Waals surface area contributed by atoms with E-state index in [1.165, 1.54) is 11.1 Å². The lowest BCUT2D eigenvalue weighted by molar-refractivity contribution is 1.07. The summed E-state index contributed by atoms with van der Waals surface area (Å²) in [4.78, 5) is 7.72. The van der Waals surface area contributed by atoms with Crippen LogP contribution >= 0.6 is 27.5 Å². The van der Waals surface area contributed by atoms with Gasteiger partial charge in [-0.2, -0.15) is 0 Å². The van der Waals surface area contributed by atoms with Gasteiger partial charge in [0, 0.05) is 39.9 Å². The summed E-state index contributed by atoms with van der Waals surface area (Å²) in [7, 11) is 0. The predicted octanol–water partition coefficient (Wildman–Crippen LogP) is 4.88. The molecule has 19 heavy (non-hydrogen) atoms. The molecule has 0 saturated heterocycles. The Morgan fingerprint density at radius 2 is 2.11 bits per heavy atom. The molecule has 1 aromatic carbocycles. The summed E-state index contributed by atoms with van der Waals surface area (Å²) in [6.07, 6.45) is 4.71. The van der Waals surface area contributed by atoms with Crippen molar-refractivity contribution in [2.45, 2.75) is 13.3 Å². The Kier molecular flexibility index (Phi) is 3.33. The van der Waals surface area contributed by atoms with Crippen LogP contribution in [0.1, 0.15) is 16.8 Å². The Labute approximate surface area is 124 Å². The molecule has 0 aliphatic rings. The van der Waals surface area contributed by atoms with Crippen molar-refractivity contribution in [1.82, 2.24) is 9.97 Å². The number of H-pyrrole nitrogens is 1. The molecular formula is C15H12BrClN2. The highest BCUT2D eigenvalue weighted by molar-refractivity contribution is 9.10. The number of aryl methyl sites for hydroxylation is 1. The molecule has 96 valence electrons. The second-order valence-corrected chi connectivity index (χ2v) is 5.80. The smallest absolute Gasteiger partial charge is 0.0555 e. The molecule has 0 aliphatic carbocycles. The highest BCUT2D eigenvalue weighted by Gasteiger charge is 2.11. The number of hydrogen-bond acceptors (Lipinski definition) is 1. The largest absolute Gasteiger partial charge is 0.361 e. The Bertz CT molecular complexity index is 732. The van der Waals surface area contributed by atoms with E-state index in [-0.39, 0.29) is 0 Å². The van der Waals surface area contributed by atoms with Crippen molar-refractivity contribution in [3.8, 4) is 0 Å². The van der Waals surface area contributed by atoms with Gasteiger partial charge in [-0.25, -0.2) is 0 Å². The number of benzene rings is 1. The predicted molar refractivity (Wildman–Crippen MR) is 82.8 cm³/mol. The molecule has 0 atom stereocenters. The highest BCUT2D eigenvalue weighted by atomic mass is 79.9. The lowest BCUT2D eigenvalue weighted by Crippen LogP contribution is -1.91. The molecule has 0 fully saturated rings. The normalized spacial score (nSPS) is 11.1. The Balaban J connectivity index is 2.06. The molecule has 0 radical (unpaired) electrons. The van der Waals surface area contributed by atoms with Crippen molar-refractivity contribution in [3.63, 3.8) is 0 Å². The number of nitrogens with zero attached hydrogens (tertiary/aromatic N) is 1. The topological polar surface area (TPSA) is 28.7 Å². The Hall–Kier alpha value is -1.32. The minimum Gasteiger partial charge on any atom is -0.361 e. The fourth-order valence-corrected chi connectivity index (χ4v) is 2.92. The summed E-state index contributed by atoms with van der Waals surface area (Å²) in [6, 6.07) is 8.03. The lowest BCUT2D eigenvalue weighted by atomic mass is 10.1. The summed E-state index contributed by atoms with van der Waals surface area (Å²) >= 11 is 9.73. The number of aromatic nitrogens is 2. The van der Waals surface area contributed by atoms with Gasteiger partial charge in [0.1, 0.15) is 0 Å². The molecule has 0 spiro atoms. The summed E-state index contributed by atoms with van der Waals surface area (Å²) < 4.78 is 0.940. The van der Waals surface area contributed by atoms with Crippen LogP contribution < -0.4 is 0 Å². The zero-order chi connectivity index (χ0) is 13.4. The molecule has 0 unspecified atom stereocenters. The highest BCUT2D eigenvalue weighted by Crippen LogP contribution is 2.33. The van der Waals surface area contributed by atoms with Gasteiger partial charge >= 0.3 is 0 Å². The molecule has 3 aromatic rings. The summed E-state index contributed by atoms with van der Waals surface area (Å²) in [5.41, 5.74) is 4.50. The number of aromatic amines is 1. The maximum atomic E-state index is 6.16. The van der Waals surface area contributed by atoms with Crippen LogP contribution in [0, 0.1) is 6.92 Å². The maximum absolute atomic E-state index is 6.16. The minimum absolute atomic E-state index is 0.727. The van der Waals surface area contributed by atoms with Gasteiger partial charge < -0.3 is 4.98 Å². The average Bonchev–Trinajstić information content (AvgIpc) is 2.80. The quantitative estimate of drug-likeness (QED) is 0.710. The van der Waals surface area contributed by atoms with Crippen molar-refractivity contribution >= 4 is 38.4 Å². The first-order chi connectivity index (χ1) is 9.15. The number of nitrogens with one attached hydrogen (secondary N) is 1. The third-order valence-electron chi connectivity index (χ3n) is 3.16. The summed E-state index contributed by atoms with van der Waals surface area (Å²) in [5.74, 6) is 0. The Morgan fingerprint density at radius 3 is 2.84 bits per heavy atom. The van der Waals surface area contributed by atoms with Crippen molar-refractivity contribution in [3.05, 3.63) is 63.0 Å². The second-order valence-electron chi connectivity index (χ2n) is 4.60. The third kappa shape index (κ3) is 2.40. The number of hydrogen-bond donors (Lipinski definition) is 1.